The van der Waals surface area contributed by atoms with Gasteiger partial charge in [-0.3, -0.25) is 9.59 Å². The Hall–Kier alpha value is -2.62. The molecule has 0 saturated heterocycles. The molecule has 2 rings (SSSR count). The number of anilines is 1. The predicted molar refractivity (Wildman–Crippen MR) is 92.7 cm³/mol. The first-order chi connectivity index (χ1) is 10.9. The molecular weight excluding hydrogens is 288 g/mol. The van der Waals surface area contributed by atoms with Crippen molar-refractivity contribution in [2.24, 2.45) is 0 Å². The third-order valence-corrected chi connectivity index (χ3v) is 3.74. The van der Waals surface area contributed by atoms with Gasteiger partial charge in [0.25, 0.3) is 5.91 Å². The molecule has 4 nitrogen and oxygen atoms in total. The summed E-state index contributed by atoms with van der Waals surface area (Å²) in [6, 6.07) is 13.2. The number of aryl methyl sites for hydroxylation is 3. The molecule has 2 aromatic carbocycles. The average molecular weight is 310 g/mol. The van der Waals surface area contributed by atoms with Crippen molar-refractivity contribution in [2.75, 3.05) is 18.9 Å². The molecule has 0 aliphatic rings. The van der Waals surface area contributed by atoms with Gasteiger partial charge >= 0.3 is 0 Å². The molecule has 0 atom stereocenters. The van der Waals surface area contributed by atoms with Crippen LogP contribution in [0.15, 0.2) is 42.5 Å². The van der Waals surface area contributed by atoms with Gasteiger partial charge in [0.1, 0.15) is 0 Å². The first-order valence-electron chi connectivity index (χ1n) is 7.56. The zero-order chi connectivity index (χ0) is 17.0. The van der Waals surface area contributed by atoms with E-state index in [9.17, 15) is 9.59 Å². The first kappa shape index (κ1) is 16.7. The zero-order valence-corrected chi connectivity index (χ0v) is 14.0. The van der Waals surface area contributed by atoms with E-state index >= 15 is 0 Å². The Morgan fingerprint density at radius 1 is 1.00 bits per heavy atom. The van der Waals surface area contributed by atoms with Crippen LogP contribution >= 0.6 is 0 Å². The van der Waals surface area contributed by atoms with Crippen molar-refractivity contribution >= 4 is 17.5 Å². The second-order valence-electron chi connectivity index (χ2n) is 5.85. The van der Waals surface area contributed by atoms with Gasteiger partial charge < -0.3 is 10.2 Å². The van der Waals surface area contributed by atoms with Crippen LogP contribution in [-0.4, -0.2) is 30.3 Å². The van der Waals surface area contributed by atoms with Gasteiger partial charge in [-0.2, -0.15) is 0 Å². The highest BCUT2D eigenvalue weighted by Gasteiger charge is 2.16. The van der Waals surface area contributed by atoms with E-state index < -0.39 is 0 Å². The van der Waals surface area contributed by atoms with Crippen molar-refractivity contribution in [2.45, 2.75) is 20.8 Å². The molecule has 0 aliphatic heterocycles. The normalized spacial score (nSPS) is 10.3. The number of nitrogens with one attached hydrogen (secondary N) is 1. The number of hydrogen-bond acceptors (Lipinski definition) is 2. The minimum atomic E-state index is -0.203. The minimum absolute atomic E-state index is 0.0144. The van der Waals surface area contributed by atoms with Crippen LogP contribution in [0.4, 0.5) is 5.69 Å². The molecule has 0 fully saturated rings. The van der Waals surface area contributed by atoms with Gasteiger partial charge in [0.05, 0.1) is 6.54 Å². The molecule has 0 aliphatic carbocycles. The third kappa shape index (κ3) is 4.19. The monoisotopic (exact) mass is 310 g/mol. The quantitative estimate of drug-likeness (QED) is 0.941. The Morgan fingerprint density at radius 3 is 2.22 bits per heavy atom. The number of carbonyl (C=O) groups is 2. The Kier molecular flexibility index (Phi) is 5.16. The van der Waals surface area contributed by atoms with E-state index in [4.69, 9.17) is 0 Å². The van der Waals surface area contributed by atoms with Gasteiger partial charge in [-0.1, -0.05) is 35.9 Å². The van der Waals surface area contributed by atoms with Crippen LogP contribution in [0.1, 0.15) is 27.0 Å². The maximum Gasteiger partial charge on any atom is 0.254 e. The number of carbonyl (C=O) groups excluding carboxylic acids is 2. The number of para-hydroxylation sites is 1. The highest BCUT2D eigenvalue weighted by atomic mass is 16.2. The fourth-order valence-electron chi connectivity index (χ4n) is 2.48. The average Bonchev–Trinajstić information content (AvgIpc) is 2.50. The van der Waals surface area contributed by atoms with Crippen LogP contribution in [0.2, 0.25) is 0 Å². The lowest BCUT2D eigenvalue weighted by molar-refractivity contribution is -0.116. The molecule has 0 aromatic heterocycles. The first-order valence-corrected chi connectivity index (χ1v) is 7.56. The Labute approximate surface area is 137 Å². The molecule has 0 bridgehead atoms. The van der Waals surface area contributed by atoms with Gasteiger partial charge in [-0.15, -0.1) is 0 Å². The summed E-state index contributed by atoms with van der Waals surface area (Å²) in [5.41, 5.74) is 4.43. The smallest absolute Gasteiger partial charge is 0.254 e. The summed E-state index contributed by atoms with van der Waals surface area (Å²) in [6.07, 6.45) is 0. The highest BCUT2D eigenvalue weighted by Crippen LogP contribution is 2.19. The fourth-order valence-corrected chi connectivity index (χ4v) is 2.48. The molecule has 0 unspecified atom stereocenters. The van der Waals surface area contributed by atoms with Crippen LogP contribution in [-0.2, 0) is 4.79 Å². The fraction of sp³-hybridized carbons (Fsp3) is 0.263. The van der Waals surface area contributed by atoms with E-state index in [1.165, 1.54) is 4.90 Å². The largest absolute Gasteiger partial charge is 0.332 e. The number of likely N-dealkylation sites (N-methyl/N-ethyl adjacent to an activating group) is 1. The summed E-state index contributed by atoms with van der Waals surface area (Å²) in [6.45, 7) is 5.85. The summed E-state index contributed by atoms with van der Waals surface area (Å²) in [5, 5.41) is 2.89. The maximum absolute atomic E-state index is 12.4. The van der Waals surface area contributed by atoms with E-state index in [0.29, 0.717) is 5.56 Å². The number of benzene rings is 2. The van der Waals surface area contributed by atoms with E-state index in [-0.39, 0.29) is 18.4 Å². The van der Waals surface area contributed by atoms with Gasteiger partial charge in [0.15, 0.2) is 0 Å². The van der Waals surface area contributed by atoms with Gasteiger partial charge in [-0.05, 0) is 44.0 Å². The molecule has 4 heteroatoms. The molecule has 1 N–H and O–H groups in total. The van der Waals surface area contributed by atoms with Crippen LogP contribution in [0.25, 0.3) is 0 Å². The number of nitrogens with zero attached hydrogens (tertiary/aromatic N) is 1. The topological polar surface area (TPSA) is 49.4 Å². The second kappa shape index (κ2) is 7.09. The maximum atomic E-state index is 12.4. The van der Waals surface area contributed by atoms with Crippen molar-refractivity contribution in [1.29, 1.82) is 0 Å². The van der Waals surface area contributed by atoms with E-state index in [2.05, 4.69) is 5.32 Å². The molecule has 0 saturated carbocycles. The molecule has 23 heavy (non-hydrogen) atoms. The van der Waals surface area contributed by atoms with Gasteiger partial charge in [0, 0.05) is 18.3 Å². The van der Waals surface area contributed by atoms with Crippen molar-refractivity contribution in [3.05, 3.63) is 64.7 Å². The van der Waals surface area contributed by atoms with Crippen LogP contribution < -0.4 is 5.32 Å². The molecule has 2 aromatic rings. The molecular formula is C19H22N2O2. The van der Waals surface area contributed by atoms with Crippen LogP contribution in [0.3, 0.4) is 0 Å². The number of hydrogen-bond donors (Lipinski definition) is 1. The Balaban J connectivity index is 2.04. The van der Waals surface area contributed by atoms with Crippen LogP contribution in [0.5, 0.6) is 0 Å². The van der Waals surface area contributed by atoms with E-state index in [1.807, 2.05) is 57.2 Å². The summed E-state index contributed by atoms with van der Waals surface area (Å²) in [4.78, 5) is 26.0. The van der Waals surface area contributed by atoms with Crippen molar-refractivity contribution in [1.82, 2.24) is 4.90 Å². The SMILES string of the molecule is Cc1cccc(C(=O)N(C)CC(=O)Nc2c(C)cccc2C)c1. The van der Waals surface area contributed by atoms with Crippen LogP contribution in [0, 0.1) is 20.8 Å². The lowest BCUT2D eigenvalue weighted by Crippen LogP contribution is -2.35. The Morgan fingerprint density at radius 2 is 1.61 bits per heavy atom. The highest BCUT2D eigenvalue weighted by molar-refractivity contribution is 5.99. The van der Waals surface area contributed by atoms with Gasteiger partial charge in [-0.25, -0.2) is 0 Å². The summed E-state index contributed by atoms with van der Waals surface area (Å²) >= 11 is 0. The summed E-state index contributed by atoms with van der Waals surface area (Å²) in [5.74, 6) is -0.365. The minimum Gasteiger partial charge on any atom is -0.332 e. The molecule has 0 radical (unpaired) electrons. The van der Waals surface area contributed by atoms with Gasteiger partial charge in [0.2, 0.25) is 5.91 Å². The Bertz CT molecular complexity index is 718. The second-order valence-corrected chi connectivity index (χ2v) is 5.85. The molecule has 2 amide bonds. The molecule has 120 valence electrons. The number of amides is 2. The standard InChI is InChI=1S/C19H22N2O2/c1-13-7-5-10-16(11-13)19(23)21(4)12-17(22)20-18-14(2)8-6-9-15(18)3/h5-11H,12H2,1-4H3,(H,20,22). The van der Waals surface area contributed by atoms with Crippen molar-refractivity contribution in [3.63, 3.8) is 0 Å². The lowest BCUT2D eigenvalue weighted by Gasteiger charge is -2.18. The molecule has 0 heterocycles. The number of rotatable bonds is 4. The van der Waals surface area contributed by atoms with E-state index in [1.54, 1.807) is 13.1 Å². The van der Waals surface area contributed by atoms with Crippen molar-refractivity contribution in [3.8, 4) is 0 Å². The predicted octanol–water partition coefficient (Wildman–Crippen LogP) is 3.32. The third-order valence-electron chi connectivity index (χ3n) is 3.74. The van der Waals surface area contributed by atoms with E-state index in [0.717, 1.165) is 22.4 Å². The lowest BCUT2D eigenvalue weighted by atomic mass is 10.1. The summed E-state index contributed by atoms with van der Waals surface area (Å²) < 4.78 is 0. The molecule has 0 spiro atoms. The summed E-state index contributed by atoms with van der Waals surface area (Å²) in [7, 11) is 1.63. The zero-order valence-electron chi connectivity index (χ0n) is 14.0. The van der Waals surface area contributed by atoms with Crippen molar-refractivity contribution < 1.29 is 9.59 Å².